The molecule has 2 aliphatic heterocycles. The Hall–Kier alpha value is -0.940. The van der Waals surface area contributed by atoms with Gasteiger partial charge in [0.05, 0.1) is 6.61 Å². The lowest BCUT2D eigenvalue weighted by Crippen LogP contribution is -2.44. The molecule has 0 radical (unpaired) electrons. The minimum Gasteiger partial charge on any atom is -0.347 e. The van der Waals surface area contributed by atoms with Gasteiger partial charge < -0.3 is 14.8 Å². The van der Waals surface area contributed by atoms with E-state index in [1.54, 1.807) is 0 Å². The molecule has 2 fully saturated rings. The fourth-order valence-electron chi connectivity index (χ4n) is 3.15. The van der Waals surface area contributed by atoms with Crippen LogP contribution in [0.4, 0.5) is 0 Å². The Morgan fingerprint density at radius 3 is 2.71 bits per heavy atom. The van der Waals surface area contributed by atoms with Gasteiger partial charge in [-0.25, -0.2) is 0 Å². The number of benzene rings is 1. The second-order valence-electron chi connectivity index (χ2n) is 6.45. The molecule has 0 saturated carbocycles. The van der Waals surface area contributed by atoms with Gasteiger partial charge in [-0.2, -0.15) is 0 Å². The van der Waals surface area contributed by atoms with E-state index in [2.05, 4.69) is 41.4 Å². The van der Waals surface area contributed by atoms with E-state index in [9.17, 15) is 0 Å². The van der Waals surface area contributed by atoms with E-state index < -0.39 is 5.79 Å². The molecule has 2 aliphatic rings. The maximum atomic E-state index is 5.97. The van der Waals surface area contributed by atoms with Crippen molar-refractivity contribution in [3.05, 3.63) is 35.4 Å². The normalized spacial score (nSPS) is 27.7. The summed E-state index contributed by atoms with van der Waals surface area (Å²) >= 11 is 0. The Labute approximate surface area is 127 Å². The first-order chi connectivity index (χ1) is 10.1. The van der Waals surface area contributed by atoms with Crippen molar-refractivity contribution in [3.63, 3.8) is 0 Å². The molecule has 4 heteroatoms. The van der Waals surface area contributed by atoms with Crippen molar-refractivity contribution in [2.24, 2.45) is 0 Å². The molecule has 2 heterocycles. The van der Waals surface area contributed by atoms with Crippen molar-refractivity contribution < 1.29 is 9.47 Å². The molecule has 1 aromatic rings. The van der Waals surface area contributed by atoms with Crippen LogP contribution in [0, 0.1) is 0 Å². The van der Waals surface area contributed by atoms with E-state index in [4.69, 9.17) is 9.47 Å². The summed E-state index contributed by atoms with van der Waals surface area (Å²) < 4.78 is 11.7. The molecule has 0 spiro atoms. The summed E-state index contributed by atoms with van der Waals surface area (Å²) in [4.78, 5) is 2.53. The average molecular weight is 290 g/mol. The van der Waals surface area contributed by atoms with Gasteiger partial charge in [0.2, 0.25) is 0 Å². The molecule has 2 atom stereocenters. The maximum Gasteiger partial charge on any atom is 0.163 e. The maximum absolute atomic E-state index is 5.97. The van der Waals surface area contributed by atoms with Gasteiger partial charge in [-0.05, 0) is 31.9 Å². The van der Waals surface area contributed by atoms with E-state index in [1.807, 2.05) is 13.8 Å². The van der Waals surface area contributed by atoms with Crippen LogP contribution < -0.4 is 5.32 Å². The zero-order chi connectivity index (χ0) is 14.9. The van der Waals surface area contributed by atoms with Crippen LogP contribution in [0.2, 0.25) is 0 Å². The van der Waals surface area contributed by atoms with Crippen LogP contribution >= 0.6 is 0 Å². The number of piperazine rings is 1. The van der Waals surface area contributed by atoms with Crippen molar-refractivity contribution in [1.82, 2.24) is 10.2 Å². The fourth-order valence-corrected chi connectivity index (χ4v) is 3.15. The van der Waals surface area contributed by atoms with Gasteiger partial charge in [0.25, 0.3) is 0 Å². The summed E-state index contributed by atoms with van der Waals surface area (Å²) in [6.07, 6.45) is 0.0511. The third-order valence-electron chi connectivity index (χ3n) is 4.47. The Balaban J connectivity index is 1.73. The molecule has 116 valence electrons. The molecule has 0 bridgehead atoms. The van der Waals surface area contributed by atoms with E-state index in [-0.39, 0.29) is 6.10 Å². The number of hydrogen-bond acceptors (Lipinski definition) is 4. The van der Waals surface area contributed by atoms with Crippen molar-refractivity contribution in [2.45, 2.75) is 38.7 Å². The largest absolute Gasteiger partial charge is 0.347 e. The van der Waals surface area contributed by atoms with Crippen molar-refractivity contribution in [1.29, 1.82) is 0 Å². The first kappa shape index (κ1) is 15.0. The lowest BCUT2D eigenvalue weighted by Gasteiger charge is -2.33. The van der Waals surface area contributed by atoms with Crippen molar-refractivity contribution in [3.8, 4) is 0 Å². The van der Waals surface area contributed by atoms with Crippen LogP contribution in [0.15, 0.2) is 24.3 Å². The van der Waals surface area contributed by atoms with Crippen molar-refractivity contribution in [2.75, 3.05) is 32.8 Å². The zero-order valence-corrected chi connectivity index (χ0v) is 13.3. The zero-order valence-electron chi connectivity index (χ0n) is 13.3. The van der Waals surface area contributed by atoms with Crippen LogP contribution in [0.1, 0.15) is 44.0 Å². The first-order valence-electron chi connectivity index (χ1n) is 7.91. The SMILES string of the molecule is CC(c1cccc(C2COC(C)(C)O2)c1)N1CCNCC1. The molecule has 3 rings (SSSR count). The van der Waals surface area contributed by atoms with E-state index in [0.717, 1.165) is 26.2 Å². The molecular formula is C17H26N2O2. The number of nitrogens with one attached hydrogen (secondary N) is 1. The highest BCUT2D eigenvalue weighted by Gasteiger charge is 2.33. The summed E-state index contributed by atoms with van der Waals surface area (Å²) in [5, 5.41) is 3.41. The third-order valence-corrected chi connectivity index (χ3v) is 4.47. The number of nitrogens with zero attached hydrogens (tertiary/aromatic N) is 1. The predicted molar refractivity (Wildman–Crippen MR) is 83.2 cm³/mol. The lowest BCUT2D eigenvalue weighted by atomic mass is 10.0. The van der Waals surface area contributed by atoms with Crippen LogP contribution in [-0.2, 0) is 9.47 Å². The van der Waals surface area contributed by atoms with E-state index >= 15 is 0 Å². The molecule has 0 aromatic heterocycles. The number of rotatable bonds is 3. The second kappa shape index (κ2) is 6.05. The summed E-state index contributed by atoms with van der Waals surface area (Å²) in [6.45, 7) is 11.3. The first-order valence-corrected chi connectivity index (χ1v) is 7.91. The monoisotopic (exact) mass is 290 g/mol. The minimum atomic E-state index is -0.467. The Morgan fingerprint density at radius 1 is 1.29 bits per heavy atom. The average Bonchev–Trinajstić information content (AvgIpc) is 2.88. The highest BCUT2D eigenvalue weighted by atomic mass is 16.7. The molecule has 21 heavy (non-hydrogen) atoms. The Kier molecular flexibility index (Phi) is 4.31. The van der Waals surface area contributed by atoms with Gasteiger partial charge in [0, 0.05) is 32.2 Å². The molecule has 4 nitrogen and oxygen atoms in total. The Morgan fingerprint density at radius 2 is 2.05 bits per heavy atom. The summed E-state index contributed by atoms with van der Waals surface area (Å²) in [5.74, 6) is -0.467. The highest BCUT2D eigenvalue weighted by Crippen LogP contribution is 2.34. The van der Waals surface area contributed by atoms with Gasteiger partial charge in [0.15, 0.2) is 5.79 Å². The third kappa shape index (κ3) is 3.46. The van der Waals surface area contributed by atoms with Crippen LogP contribution in [-0.4, -0.2) is 43.5 Å². The lowest BCUT2D eigenvalue weighted by molar-refractivity contribution is -0.139. The molecule has 1 aromatic carbocycles. The van der Waals surface area contributed by atoms with Gasteiger partial charge in [0.1, 0.15) is 6.10 Å². The molecule has 1 N–H and O–H groups in total. The minimum absolute atomic E-state index is 0.0511. The number of ether oxygens (including phenoxy) is 2. The standard InChI is InChI=1S/C17H26N2O2/c1-13(19-9-7-18-8-10-19)14-5-4-6-15(11-14)16-12-20-17(2,3)21-16/h4-6,11,13,16,18H,7-10,12H2,1-3H3. The second-order valence-corrected chi connectivity index (χ2v) is 6.45. The quantitative estimate of drug-likeness (QED) is 0.927. The van der Waals surface area contributed by atoms with Gasteiger partial charge in [-0.1, -0.05) is 24.3 Å². The van der Waals surface area contributed by atoms with Crippen molar-refractivity contribution >= 4 is 0 Å². The summed E-state index contributed by atoms with van der Waals surface area (Å²) in [6, 6.07) is 9.23. The molecular weight excluding hydrogens is 264 g/mol. The molecule has 2 saturated heterocycles. The van der Waals surface area contributed by atoms with Crippen LogP contribution in [0.25, 0.3) is 0 Å². The summed E-state index contributed by atoms with van der Waals surface area (Å²) in [5.41, 5.74) is 2.59. The predicted octanol–water partition coefficient (Wildman–Crippen LogP) is 2.48. The van der Waals surface area contributed by atoms with Crippen LogP contribution in [0.5, 0.6) is 0 Å². The fraction of sp³-hybridized carbons (Fsp3) is 0.647. The summed E-state index contributed by atoms with van der Waals surface area (Å²) in [7, 11) is 0. The molecule has 0 amide bonds. The highest BCUT2D eigenvalue weighted by molar-refractivity contribution is 5.28. The van der Waals surface area contributed by atoms with Gasteiger partial charge in [-0.15, -0.1) is 0 Å². The van der Waals surface area contributed by atoms with Crippen LogP contribution in [0.3, 0.4) is 0 Å². The smallest absolute Gasteiger partial charge is 0.163 e. The topological polar surface area (TPSA) is 33.7 Å². The number of hydrogen-bond donors (Lipinski definition) is 1. The van der Waals surface area contributed by atoms with E-state index in [1.165, 1.54) is 11.1 Å². The molecule has 2 unspecified atom stereocenters. The van der Waals surface area contributed by atoms with Gasteiger partial charge >= 0.3 is 0 Å². The van der Waals surface area contributed by atoms with Gasteiger partial charge in [-0.3, -0.25) is 4.90 Å². The Bertz CT molecular complexity index is 483. The van der Waals surface area contributed by atoms with E-state index in [0.29, 0.717) is 12.6 Å². The molecule has 0 aliphatic carbocycles.